The third-order valence-corrected chi connectivity index (χ3v) is 8.99. The number of aryl methyl sites for hydroxylation is 2. The van der Waals surface area contributed by atoms with E-state index < -0.39 is 17.8 Å². The molecule has 0 unspecified atom stereocenters. The maximum Gasteiger partial charge on any atom is 0.422 e. The number of piperidine rings is 1. The standard InChI is InChI=1S/C31H30F3N3O4S/c1-2-40-30(39)21-9-6-14-37(16-21)17-24(38)20-10-12-22-19(15-20)11-13-23-28(22)42-29(35-23)27-25(31(32,33)34)26(36-41-27)18-7-4-3-5-8-18/h3-5,7-8,10,12,15,21,24,38H,2,6,9,11,13-14,16-17H2,1H3/t21-,24+/m0/s1. The van der Waals surface area contributed by atoms with E-state index in [1.807, 2.05) is 18.2 Å². The normalized spacial score (nSPS) is 17.9. The van der Waals surface area contributed by atoms with Crippen molar-refractivity contribution < 1.29 is 32.3 Å². The summed E-state index contributed by atoms with van der Waals surface area (Å²) in [7, 11) is 0. The average molecular weight is 598 g/mol. The Morgan fingerprint density at radius 1 is 1.21 bits per heavy atom. The summed E-state index contributed by atoms with van der Waals surface area (Å²) in [5.41, 5.74) is 2.53. The van der Waals surface area contributed by atoms with Crippen molar-refractivity contribution in [1.29, 1.82) is 0 Å². The van der Waals surface area contributed by atoms with E-state index in [2.05, 4.69) is 15.0 Å². The molecule has 0 radical (unpaired) electrons. The van der Waals surface area contributed by atoms with E-state index in [4.69, 9.17) is 9.26 Å². The fraction of sp³-hybridized carbons (Fsp3) is 0.387. The van der Waals surface area contributed by atoms with Gasteiger partial charge < -0.3 is 14.4 Å². The van der Waals surface area contributed by atoms with Crippen LogP contribution in [-0.4, -0.2) is 52.4 Å². The van der Waals surface area contributed by atoms with E-state index in [0.29, 0.717) is 38.1 Å². The second-order valence-corrected chi connectivity index (χ2v) is 11.7. The summed E-state index contributed by atoms with van der Waals surface area (Å²) in [5, 5.41) is 15.0. The lowest BCUT2D eigenvalue weighted by Gasteiger charge is -2.33. The molecule has 0 amide bonds. The van der Waals surface area contributed by atoms with Crippen LogP contribution in [-0.2, 0) is 28.5 Å². The molecule has 4 aromatic rings. The van der Waals surface area contributed by atoms with Gasteiger partial charge in [0.2, 0.25) is 5.76 Å². The Morgan fingerprint density at radius 3 is 2.79 bits per heavy atom. The Labute approximate surface area is 244 Å². The van der Waals surface area contributed by atoms with Gasteiger partial charge in [0, 0.05) is 18.7 Å². The number of carbonyl (C=O) groups excluding carboxylic acids is 1. The summed E-state index contributed by atoms with van der Waals surface area (Å²) in [6.45, 7) is 3.91. The largest absolute Gasteiger partial charge is 0.466 e. The molecule has 1 N–H and O–H groups in total. The number of rotatable bonds is 7. The number of aliphatic hydroxyl groups excluding tert-OH is 1. The summed E-state index contributed by atoms with van der Waals surface area (Å²) in [4.78, 5) is 19.7. The minimum absolute atomic E-state index is 0.139. The highest BCUT2D eigenvalue weighted by molar-refractivity contribution is 7.18. The molecule has 0 saturated carbocycles. The highest BCUT2D eigenvalue weighted by Gasteiger charge is 2.42. The molecule has 1 saturated heterocycles. The smallest absolute Gasteiger partial charge is 0.422 e. The Balaban J connectivity index is 1.24. The summed E-state index contributed by atoms with van der Waals surface area (Å²) >= 11 is 1.16. The van der Waals surface area contributed by atoms with Crippen LogP contribution in [0.25, 0.3) is 32.5 Å². The molecule has 0 spiro atoms. The van der Waals surface area contributed by atoms with E-state index in [-0.39, 0.29) is 28.3 Å². The van der Waals surface area contributed by atoms with Crippen LogP contribution in [0.3, 0.4) is 0 Å². The molecular weight excluding hydrogens is 567 g/mol. The summed E-state index contributed by atoms with van der Waals surface area (Å²) in [6, 6.07) is 13.9. The van der Waals surface area contributed by atoms with Crippen molar-refractivity contribution in [2.75, 3.05) is 26.2 Å². The number of esters is 1. The monoisotopic (exact) mass is 597 g/mol. The van der Waals surface area contributed by atoms with Crippen molar-refractivity contribution in [3.05, 3.63) is 70.9 Å². The van der Waals surface area contributed by atoms with Crippen LogP contribution in [0.2, 0.25) is 0 Å². The predicted molar refractivity (Wildman–Crippen MR) is 152 cm³/mol. The fourth-order valence-corrected chi connectivity index (χ4v) is 7.00. The number of hydrogen-bond donors (Lipinski definition) is 1. The Kier molecular flexibility index (Phi) is 7.91. The van der Waals surface area contributed by atoms with Gasteiger partial charge in [0.25, 0.3) is 0 Å². The van der Waals surface area contributed by atoms with Gasteiger partial charge in [-0.1, -0.05) is 53.7 Å². The molecule has 1 aliphatic carbocycles. The number of nitrogens with zero attached hydrogens (tertiary/aromatic N) is 3. The third-order valence-electron chi connectivity index (χ3n) is 7.86. The lowest BCUT2D eigenvalue weighted by atomic mass is 9.91. The first kappa shape index (κ1) is 28.6. The van der Waals surface area contributed by atoms with E-state index in [1.165, 1.54) is 0 Å². The van der Waals surface area contributed by atoms with Crippen LogP contribution in [0.1, 0.15) is 48.3 Å². The van der Waals surface area contributed by atoms with Gasteiger partial charge in [0.05, 0.1) is 29.2 Å². The molecule has 1 fully saturated rings. The molecule has 3 heterocycles. The number of aliphatic hydroxyl groups is 1. The highest BCUT2D eigenvalue weighted by Crippen LogP contribution is 2.47. The number of benzene rings is 2. The van der Waals surface area contributed by atoms with E-state index >= 15 is 0 Å². The minimum atomic E-state index is -4.68. The first-order valence-electron chi connectivity index (χ1n) is 14.1. The highest BCUT2D eigenvalue weighted by atomic mass is 32.1. The predicted octanol–water partition coefficient (Wildman–Crippen LogP) is 6.56. The second-order valence-electron chi connectivity index (χ2n) is 10.7. The van der Waals surface area contributed by atoms with Gasteiger partial charge in [0.1, 0.15) is 11.3 Å². The number of likely N-dealkylation sites (tertiary alicyclic amines) is 1. The molecule has 42 heavy (non-hydrogen) atoms. The van der Waals surface area contributed by atoms with Crippen LogP contribution in [0.4, 0.5) is 13.2 Å². The number of aromatic nitrogens is 2. The molecule has 7 nitrogen and oxygen atoms in total. The first-order chi connectivity index (χ1) is 20.2. The Bertz CT molecular complexity index is 1580. The van der Waals surface area contributed by atoms with Crippen LogP contribution in [0.5, 0.6) is 0 Å². The van der Waals surface area contributed by atoms with Crippen LogP contribution < -0.4 is 0 Å². The summed E-state index contributed by atoms with van der Waals surface area (Å²) in [6.07, 6.45) is -2.55. The zero-order valence-electron chi connectivity index (χ0n) is 23.0. The number of thiazole rings is 1. The van der Waals surface area contributed by atoms with E-state index in [0.717, 1.165) is 58.0 Å². The van der Waals surface area contributed by atoms with Crippen molar-refractivity contribution in [1.82, 2.24) is 15.0 Å². The zero-order chi connectivity index (χ0) is 29.4. The molecule has 11 heteroatoms. The number of carbonyl (C=O) groups is 1. The van der Waals surface area contributed by atoms with Gasteiger partial charge >= 0.3 is 12.1 Å². The molecule has 220 valence electrons. The van der Waals surface area contributed by atoms with E-state index in [9.17, 15) is 23.1 Å². The summed E-state index contributed by atoms with van der Waals surface area (Å²) < 4.78 is 53.2. The van der Waals surface area contributed by atoms with Crippen LogP contribution in [0.15, 0.2) is 53.1 Å². The molecule has 2 aromatic carbocycles. The maximum atomic E-state index is 14.2. The lowest BCUT2D eigenvalue weighted by molar-refractivity contribution is -0.150. The average Bonchev–Trinajstić information content (AvgIpc) is 3.63. The van der Waals surface area contributed by atoms with Crippen molar-refractivity contribution in [2.24, 2.45) is 5.92 Å². The number of fused-ring (bicyclic) bond motifs is 3. The van der Waals surface area contributed by atoms with Gasteiger partial charge in [0.15, 0.2) is 5.01 Å². The molecule has 0 bridgehead atoms. The second kappa shape index (κ2) is 11.6. The minimum Gasteiger partial charge on any atom is -0.466 e. The van der Waals surface area contributed by atoms with Crippen molar-refractivity contribution in [2.45, 2.75) is 44.9 Å². The number of halogens is 3. The fourth-order valence-electron chi connectivity index (χ4n) is 5.85. The molecule has 2 atom stereocenters. The number of hydrogen-bond acceptors (Lipinski definition) is 8. The van der Waals surface area contributed by atoms with E-state index in [1.54, 1.807) is 37.3 Å². The quantitative estimate of drug-likeness (QED) is 0.242. The van der Waals surface area contributed by atoms with Crippen molar-refractivity contribution in [3.63, 3.8) is 0 Å². The summed E-state index contributed by atoms with van der Waals surface area (Å²) in [5.74, 6) is -0.745. The zero-order valence-corrected chi connectivity index (χ0v) is 23.8. The number of alkyl halides is 3. The maximum absolute atomic E-state index is 14.2. The lowest BCUT2D eigenvalue weighted by Crippen LogP contribution is -2.41. The van der Waals surface area contributed by atoms with Gasteiger partial charge in [-0.25, -0.2) is 4.98 Å². The van der Waals surface area contributed by atoms with Gasteiger partial charge in [-0.2, -0.15) is 13.2 Å². The topological polar surface area (TPSA) is 88.7 Å². The Hall–Kier alpha value is -3.54. The third kappa shape index (κ3) is 5.60. The first-order valence-corrected chi connectivity index (χ1v) is 14.9. The molecule has 1 aliphatic heterocycles. The number of ether oxygens (including phenoxy) is 1. The van der Waals surface area contributed by atoms with Gasteiger partial charge in [-0.05, 0) is 55.8 Å². The molecular formula is C31H30F3N3O4S. The van der Waals surface area contributed by atoms with Gasteiger partial charge in [-0.15, -0.1) is 11.3 Å². The SMILES string of the molecule is CCOC(=O)[C@H]1CCCN(C[C@@H](O)c2ccc3c(c2)CCc2nc(-c4onc(-c5ccccc5)c4C(F)(F)F)sc2-3)C1. The van der Waals surface area contributed by atoms with Crippen molar-refractivity contribution in [3.8, 4) is 32.5 Å². The Morgan fingerprint density at radius 2 is 2.02 bits per heavy atom. The van der Waals surface area contributed by atoms with Crippen LogP contribution >= 0.6 is 11.3 Å². The van der Waals surface area contributed by atoms with Crippen LogP contribution in [0, 0.1) is 5.92 Å². The van der Waals surface area contributed by atoms with Gasteiger partial charge in [-0.3, -0.25) is 9.69 Å². The van der Waals surface area contributed by atoms with Crippen molar-refractivity contribution >= 4 is 17.3 Å². The number of β-amino-alcohol motifs (C(OH)–C–C–N with tert-alkyl or cyclic N) is 1. The molecule has 2 aliphatic rings. The molecule has 2 aromatic heterocycles. The molecule has 6 rings (SSSR count).